The standard InChI is InChI=1S/C25H32O4/c1-2-19-20(9-6-10-24(28)29)21-15-16-23(27)22(25(19)21)14-13-18(26)12-11-17-7-4-3-5-8-17/h3-5,7-9,18-19,21-23,25-27H,2,6,10-12,15-16H2,1H3,(H,28,29)/b20-9-/t18?,19?,21-,22+,23-,25+/m0/s1. The molecule has 29 heavy (non-hydrogen) atoms. The van der Waals surface area contributed by atoms with Crippen molar-refractivity contribution in [3.05, 3.63) is 47.5 Å². The fourth-order valence-electron chi connectivity index (χ4n) is 5.11. The van der Waals surface area contributed by atoms with Crippen molar-refractivity contribution in [2.24, 2.45) is 23.7 Å². The van der Waals surface area contributed by atoms with Gasteiger partial charge in [0, 0.05) is 6.42 Å². The number of rotatable bonds is 7. The van der Waals surface area contributed by atoms with Crippen LogP contribution in [0.3, 0.4) is 0 Å². The third-order valence-corrected chi connectivity index (χ3v) is 6.53. The Kier molecular flexibility index (Phi) is 7.52. The number of fused-ring (bicyclic) bond motifs is 1. The predicted molar refractivity (Wildman–Crippen MR) is 113 cm³/mol. The molecule has 0 bridgehead atoms. The lowest BCUT2D eigenvalue weighted by molar-refractivity contribution is -0.136. The maximum atomic E-state index is 10.8. The van der Waals surface area contributed by atoms with E-state index in [0.29, 0.717) is 37.0 Å². The van der Waals surface area contributed by atoms with Gasteiger partial charge in [-0.05, 0) is 61.8 Å². The quantitative estimate of drug-likeness (QED) is 0.484. The van der Waals surface area contributed by atoms with E-state index in [0.717, 1.165) is 19.3 Å². The normalized spacial score (nSPS) is 30.6. The molecule has 156 valence electrons. The Labute approximate surface area is 173 Å². The summed E-state index contributed by atoms with van der Waals surface area (Å²) in [6, 6.07) is 10.1. The van der Waals surface area contributed by atoms with Gasteiger partial charge in [-0.15, -0.1) is 0 Å². The second kappa shape index (κ2) is 10.1. The van der Waals surface area contributed by atoms with Gasteiger partial charge < -0.3 is 15.3 Å². The number of aliphatic carboxylic acids is 1. The van der Waals surface area contributed by atoms with Crippen molar-refractivity contribution in [2.75, 3.05) is 0 Å². The molecular formula is C25H32O4. The summed E-state index contributed by atoms with van der Waals surface area (Å²) in [5, 5.41) is 29.8. The van der Waals surface area contributed by atoms with Gasteiger partial charge in [0.25, 0.3) is 0 Å². The second-order valence-corrected chi connectivity index (χ2v) is 8.33. The van der Waals surface area contributed by atoms with E-state index < -0.39 is 18.2 Å². The van der Waals surface area contributed by atoms with E-state index in [4.69, 9.17) is 5.11 Å². The van der Waals surface area contributed by atoms with E-state index in [-0.39, 0.29) is 12.3 Å². The molecule has 2 aliphatic carbocycles. The summed E-state index contributed by atoms with van der Waals surface area (Å²) in [5.41, 5.74) is 2.55. The zero-order valence-corrected chi connectivity index (χ0v) is 17.1. The molecular weight excluding hydrogens is 364 g/mol. The molecule has 4 nitrogen and oxygen atoms in total. The Bertz CT molecular complexity index is 765. The van der Waals surface area contributed by atoms with Crippen molar-refractivity contribution >= 4 is 5.97 Å². The molecule has 2 saturated carbocycles. The third-order valence-electron chi connectivity index (χ3n) is 6.53. The van der Waals surface area contributed by atoms with E-state index in [1.54, 1.807) is 0 Å². The molecule has 2 unspecified atom stereocenters. The molecule has 0 aromatic heterocycles. The number of allylic oxidation sites excluding steroid dienone is 2. The summed E-state index contributed by atoms with van der Waals surface area (Å²) in [6.07, 6.45) is 5.71. The monoisotopic (exact) mass is 396 g/mol. The molecule has 3 N–H and O–H groups in total. The van der Waals surface area contributed by atoms with Gasteiger partial charge in [-0.1, -0.05) is 60.7 Å². The number of carboxylic acids is 1. The van der Waals surface area contributed by atoms with Crippen molar-refractivity contribution < 1.29 is 20.1 Å². The molecule has 0 heterocycles. The molecule has 0 radical (unpaired) electrons. The maximum Gasteiger partial charge on any atom is 0.303 e. The Hall–Kier alpha value is -2.09. The van der Waals surface area contributed by atoms with Crippen LogP contribution < -0.4 is 0 Å². The predicted octanol–water partition coefficient (Wildman–Crippen LogP) is 3.82. The number of hydrogen-bond acceptors (Lipinski definition) is 3. The van der Waals surface area contributed by atoms with Gasteiger partial charge >= 0.3 is 5.97 Å². The van der Waals surface area contributed by atoms with Crippen molar-refractivity contribution in [1.82, 2.24) is 0 Å². The molecule has 0 amide bonds. The van der Waals surface area contributed by atoms with Crippen LogP contribution in [0.4, 0.5) is 0 Å². The first-order valence-electron chi connectivity index (χ1n) is 10.8. The van der Waals surface area contributed by atoms with Crippen LogP contribution in [0.2, 0.25) is 0 Å². The number of carbonyl (C=O) groups is 1. The smallest absolute Gasteiger partial charge is 0.303 e. The van der Waals surface area contributed by atoms with Crippen LogP contribution in [0.5, 0.6) is 0 Å². The number of aliphatic hydroxyl groups is 2. The van der Waals surface area contributed by atoms with E-state index in [2.05, 4.69) is 24.8 Å². The molecule has 4 heteroatoms. The number of aliphatic hydroxyl groups excluding tert-OH is 2. The Morgan fingerprint density at radius 3 is 2.72 bits per heavy atom. The van der Waals surface area contributed by atoms with Gasteiger partial charge in [0.2, 0.25) is 0 Å². The van der Waals surface area contributed by atoms with Crippen LogP contribution in [0.1, 0.15) is 51.0 Å². The van der Waals surface area contributed by atoms with Crippen LogP contribution in [0.25, 0.3) is 0 Å². The summed E-state index contributed by atoms with van der Waals surface area (Å²) in [5.74, 6) is 6.43. The van der Waals surface area contributed by atoms with Crippen LogP contribution in [-0.4, -0.2) is 33.5 Å². The minimum atomic E-state index is -0.766. The van der Waals surface area contributed by atoms with Crippen molar-refractivity contribution in [3.63, 3.8) is 0 Å². The minimum Gasteiger partial charge on any atom is -0.481 e. The van der Waals surface area contributed by atoms with Gasteiger partial charge in [0.05, 0.1) is 12.0 Å². The summed E-state index contributed by atoms with van der Waals surface area (Å²) in [6.45, 7) is 2.14. The fraction of sp³-hybridized carbons (Fsp3) is 0.560. The van der Waals surface area contributed by atoms with E-state index in [1.165, 1.54) is 11.1 Å². The lowest BCUT2D eigenvalue weighted by atomic mass is 9.50. The number of hydrogen-bond donors (Lipinski definition) is 3. The topological polar surface area (TPSA) is 77.8 Å². The average molecular weight is 397 g/mol. The molecule has 0 saturated heterocycles. The zero-order chi connectivity index (χ0) is 20.8. The average Bonchev–Trinajstić information content (AvgIpc) is 2.70. The van der Waals surface area contributed by atoms with Crippen molar-refractivity contribution in [3.8, 4) is 11.8 Å². The highest BCUT2D eigenvalue weighted by molar-refractivity contribution is 5.66. The van der Waals surface area contributed by atoms with Crippen LogP contribution in [-0.2, 0) is 11.2 Å². The third kappa shape index (κ3) is 5.29. The molecule has 0 aliphatic heterocycles. The lowest BCUT2D eigenvalue weighted by Crippen LogP contribution is -2.50. The molecule has 2 aliphatic rings. The first-order chi connectivity index (χ1) is 14.0. The largest absolute Gasteiger partial charge is 0.481 e. The number of aryl methyl sites for hydroxylation is 1. The van der Waals surface area contributed by atoms with Gasteiger partial charge in [-0.2, -0.15) is 0 Å². The van der Waals surface area contributed by atoms with E-state index in [1.807, 2.05) is 30.3 Å². The maximum absolute atomic E-state index is 10.8. The van der Waals surface area contributed by atoms with Crippen molar-refractivity contribution in [2.45, 2.75) is 64.1 Å². The summed E-state index contributed by atoms with van der Waals surface area (Å²) >= 11 is 0. The van der Waals surface area contributed by atoms with Crippen LogP contribution >= 0.6 is 0 Å². The molecule has 2 fully saturated rings. The number of benzene rings is 1. The first-order valence-corrected chi connectivity index (χ1v) is 10.8. The zero-order valence-electron chi connectivity index (χ0n) is 17.1. The Morgan fingerprint density at radius 1 is 1.28 bits per heavy atom. The van der Waals surface area contributed by atoms with Gasteiger partial charge in [-0.25, -0.2) is 0 Å². The SMILES string of the molecule is CCC1/C(=C/CCC(=O)O)[C@@H]2CC[C@H](O)[C@@H](C#CC(O)CCc3ccccc3)[C@H]12. The molecule has 0 spiro atoms. The van der Waals surface area contributed by atoms with E-state index in [9.17, 15) is 15.0 Å². The molecule has 1 aromatic carbocycles. The highest BCUT2D eigenvalue weighted by Gasteiger charge is 2.52. The van der Waals surface area contributed by atoms with Crippen LogP contribution in [0.15, 0.2) is 42.0 Å². The second-order valence-electron chi connectivity index (χ2n) is 8.33. The number of carboxylic acid groups (broad SMARTS) is 1. The molecule has 1 aromatic rings. The summed E-state index contributed by atoms with van der Waals surface area (Å²) in [7, 11) is 0. The first kappa shape index (κ1) is 21.6. The fourth-order valence-corrected chi connectivity index (χ4v) is 5.11. The van der Waals surface area contributed by atoms with Gasteiger partial charge in [-0.3, -0.25) is 4.79 Å². The highest BCUT2D eigenvalue weighted by atomic mass is 16.4. The Morgan fingerprint density at radius 2 is 2.03 bits per heavy atom. The molecule has 6 atom stereocenters. The van der Waals surface area contributed by atoms with Crippen molar-refractivity contribution in [1.29, 1.82) is 0 Å². The highest BCUT2D eigenvalue weighted by Crippen LogP contribution is 2.57. The minimum absolute atomic E-state index is 0.110. The van der Waals surface area contributed by atoms with Gasteiger partial charge in [0.1, 0.15) is 6.10 Å². The summed E-state index contributed by atoms with van der Waals surface area (Å²) in [4.78, 5) is 10.8. The summed E-state index contributed by atoms with van der Waals surface area (Å²) < 4.78 is 0. The van der Waals surface area contributed by atoms with Crippen LogP contribution in [0, 0.1) is 35.5 Å². The lowest BCUT2D eigenvalue weighted by Gasteiger charge is -2.54. The Balaban J connectivity index is 1.63. The van der Waals surface area contributed by atoms with Gasteiger partial charge in [0.15, 0.2) is 0 Å². The molecule has 3 rings (SSSR count). The van der Waals surface area contributed by atoms with E-state index >= 15 is 0 Å².